The van der Waals surface area contributed by atoms with Crippen molar-refractivity contribution in [3.8, 4) is 0 Å². The van der Waals surface area contributed by atoms with Crippen molar-refractivity contribution in [3.05, 3.63) is 70.2 Å². The van der Waals surface area contributed by atoms with Gasteiger partial charge in [-0.15, -0.1) is 0 Å². The number of amides is 2. The van der Waals surface area contributed by atoms with Crippen LogP contribution in [0.25, 0.3) is 0 Å². The Labute approximate surface area is 160 Å². The predicted octanol–water partition coefficient (Wildman–Crippen LogP) is 3.40. The molecule has 4 nitrogen and oxygen atoms in total. The summed E-state index contributed by atoms with van der Waals surface area (Å²) >= 11 is 5.99. The summed E-state index contributed by atoms with van der Waals surface area (Å²) in [5.74, 6) is -0.0334. The third-order valence-electron chi connectivity index (χ3n) is 4.16. The monoisotopic (exact) mass is 372 g/mol. The van der Waals surface area contributed by atoms with Crippen LogP contribution in [-0.2, 0) is 22.4 Å². The molecule has 0 saturated carbocycles. The van der Waals surface area contributed by atoms with Crippen LogP contribution in [0, 0.1) is 6.92 Å². The molecular weight excluding hydrogens is 348 g/mol. The number of nitrogens with one attached hydrogen (secondary N) is 1. The van der Waals surface area contributed by atoms with Crippen LogP contribution >= 0.6 is 11.6 Å². The number of carbonyl (C=O) groups is 2. The molecule has 0 aliphatic rings. The molecule has 0 fully saturated rings. The largest absolute Gasteiger partial charge is 0.354 e. The second-order valence-corrected chi connectivity index (χ2v) is 6.84. The van der Waals surface area contributed by atoms with E-state index >= 15 is 0 Å². The summed E-state index contributed by atoms with van der Waals surface area (Å²) < 4.78 is 0. The van der Waals surface area contributed by atoms with Crippen molar-refractivity contribution in [2.75, 3.05) is 19.6 Å². The highest BCUT2D eigenvalue weighted by atomic mass is 35.5. The molecule has 2 rings (SSSR count). The Bertz CT molecular complexity index is 761. The van der Waals surface area contributed by atoms with E-state index in [9.17, 15) is 9.59 Å². The smallest absolute Gasteiger partial charge is 0.224 e. The van der Waals surface area contributed by atoms with Gasteiger partial charge in [-0.3, -0.25) is 9.59 Å². The lowest BCUT2D eigenvalue weighted by atomic mass is 10.1. The molecule has 138 valence electrons. The van der Waals surface area contributed by atoms with Crippen LogP contribution in [0.15, 0.2) is 48.5 Å². The molecular formula is C21H25ClN2O2. The molecule has 0 bridgehead atoms. The molecule has 1 N–H and O–H groups in total. The lowest BCUT2D eigenvalue weighted by Gasteiger charge is -2.21. The van der Waals surface area contributed by atoms with Gasteiger partial charge < -0.3 is 10.2 Å². The Balaban J connectivity index is 1.77. The molecule has 0 heterocycles. The molecule has 0 aliphatic carbocycles. The van der Waals surface area contributed by atoms with E-state index in [1.165, 1.54) is 0 Å². The Morgan fingerprint density at radius 1 is 1.04 bits per heavy atom. The fourth-order valence-corrected chi connectivity index (χ4v) is 3.00. The molecule has 0 radical (unpaired) electrons. The minimum Gasteiger partial charge on any atom is -0.354 e. The summed E-state index contributed by atoms with van der Waals surface area (Å²) in [6, 6.07) is 15.5. The van der Waals surface area contributed by atoms with Gasteiger partial charge in [0.15, 0.2) is 0 Å². The van der Waals surface area contributed by atoms with Crippen molar-refractivity contribution < 1.29 is 9.59 Å². The third kappa shape index (κ3) is 6.89. The lowest BCUT2D eigenvalue weighted by Crippen LogP contribution is -2.39. The van der Waals surface area contributed by atoms with Gasteiger partial charge >= 0.3 is 0 Å². The molecule has 0 aliphatic heterocycles. The highest BCUT2D eigenvalue weighted by Gasteiger charge is 2.10. The SMILES string of the molecule is CC(=O)N(CCNC(=O)Cc1cccc(C)c1)CCc1cccc(Cl)c1. The van der Waals surface area contributed by atoms with Gasteiger partial charge in [0.2, 0.25) is 11.8 Å². The van der Waals surface area contributed by atoms with E-state index in [0.29, 0.717) is 31.1 Å². The number of carbonyl (C=O) groups excluding carboxylic acids is 2. The summed E-state index contributed by atoms with van der Waals surface area (Å²) in [5.41, 5.74) is 3.22. The standard InChI is InChI=1S/C21H25ClN2O2/c1-16-5-3-7-19(13-16)15-21(26)23-10-12-24(17(2)25)11-9-18-6-4-8-20(22)14-18/h3-8,13-14H,9-12,15H2,1-2H3,(H,23,26). The maximum atomic E-state index is 12.1. The van der Waals surface area contributed by atoms with E-state index < -0.39 is 0 Å². The fraction of sp³-hybridized carbons (Fsp3) is 0.333. The Morgan fingerprint density at radius 3 is 2.46 bits per heavy atom. The molecule has 0 atom stereocenters. The summed E-state index contributed by atoms with van der Waals surface area (Å²) in [5, 5.41) is 3.58. The van der Waals surface area contributed by atoms with Crippen LogP contribution in [0.2, 0.25) is 5.02 Å². The van der Waals surface area contributed by atoms with E-state index in [-0.39, 0.29) is 11.8 Å². The number of nitrogens with zero attached hydrogens (tertiary/aromatic N) is 1. The molecule has 2 aromatic rings. The first-order chi connectivity index (χ1) is 12.4. The van der Waals surface area contributed by atoms with Gasteiger partial charge in [-0.1, -0.05) is 53.6 Å². The van der Waals surface area contributed by atoms with Crippen molar-refractivity contribution in [2.45, 2.75) is 26.7 Å². The molecule has 0 saturated heterocycles. The quantitative estimate of drug-likeness (QED) is 0.772. The van der Waals surface area contributed by atoms with Crippen LogP contribution in [0.3, 0.4) is 0 Å². The minimum atomic E-state index is -0.0334. The van der Waals surface area contributed by atoms with Gasteiger partial charge in [-0.25, -0.2) is 0 Å². The van der Waals surface area contributed by atoms with E-state index in [1.54, 1.807) is 11.8 Å². The maximum Gasteiger partial charge on any atom is 0.224 e. The summed E-state index contributed by atoms with van der Waals surface area (Å²) in [6.45, 7) is 5.09. The number of aryl methyl sites for hydroxylation is 1. The first-order valence-electron chi connectivity index (χ1n) is 8.76. The Kier molecular flexibility index (Phi) is 7.67. The lowest BCUT2D eigenvalue weighted by molar-refractivity contribution is -0.129. The average molecular weight is 373 g/mol. The zero-order valence-electron chi connectivity index (χ0n) is 15.3. The molecule has 5 heteroatoms. The van der Waals surface area contributed by atoms with E-state index in [1.807, 2.05) is 55.5 Å². The Hall–Kier alpha value is -2.33. The van der Waals surface area contributed by atoms with Crippen LogP contribution in [0.5, 0.6) is 0 Å². The van der Waals surface area contributed by atoms with E-state index in [0.717, 1.165) is 23.1 Å². The van der Waals surface area contributed by atoms with Gasteiger partial charge in [-0.2, -0.15) is 0 Å². The van der Waals surface area contributed by atoms with Gasteiger partial charge in [0, 0.05) is 31.6 Å². The van der Waals surface area contributed by atoms with Crippen molar-refractivity contribution in [2.24, 2.45) is 0 Å². The second kappa shape index (κ2) is 9.97. The van der Waals surface area contributed by atoms with Gasteiger partial charge in [-0.05, 0) is 36.6 Å². The number of hydrogen-bond donors (Lipinski definition) is 1. The fourth-order valence-electron chi connectivity index (χ4n) is 2.78. The third-order valence-corrected chi connectivity index (χ3v) is 4.39. The van der Waals surface area contributed by atoms with E-state index in [4.69, 9.17) is 11.6 Å². The number of halogens is 1. The zero-order valence-corrected chi connectivity index (χ0v) is 16.1. The number of hydrogen-bond acceptors (Lipinski definition) is 2. The van der Waals surface area contributed by atoms with Crippen molar-refractivity contribution in [3.63, 3.8) is 0 Å². The molecule has 0 spiro atoms. The van der Waals surface area contributed by atoms with Crippen molar-refractivity contribution >= 4 is 23.4 Å². The topological polar surface area (TPSA) is 49.4 Å². The van der Waals surface area contributed by atoms with Crippen LogP contribution in [0.4, 0.5) is 0 Å². The molecule has 2 amide bonds. The normalized spacial score (nSPS) is 10.4. The molecule has 0 unspecified atom stereocenters. The number of benzene rings is 2. The van der Waals surface area contributed by atoms with Crippen molar-refractivity contribution in [1.29, 1.82) is 0 Å². The molecule has 26 heavy (non-hydrogen) atoms. The zero-order chi connectivity index (χ0) is 18.9. The number of rotatable bonds is 8. The summed E-state index contributed by atoms with van der Waals surface area (Å²) in [4.78, 5) is 25.6. The minimum absolute atomic E-state index is 0.0000359. The maximum absolute atomic E-state index is 12.1. The average Bonchev–Trinajstić information content (AvgIpc) is 2.57. The summed E-state index contributed by atoms with van der Waals surface area (Å²) in [7, 11) is 0. The van der Waals surface area contributed by atoms with Crippen LogP contribution in [-0.4, -0.2) is 36.3 Å². The van der Waals surface area contributed by atoms with Gasteiger partial charge in [0.25, 0.3) is 0 Å². The van der Waals surface area contributed by atoms with E-state index in [2.05, 4.69) is 5.32 Å². The van der Waals surface area contributed by atoms with Crippen LogP contribution < -0.4 is 5.32 Å². The molecule has 2 aromatic carbocycles. The Morgan fingerprint density at radius 2 is 1.77 bits per heavy atom. The predicted molar refractivity (Wildman–Crippen MR) is 105 cm³/mol. The first-order valence-corrected chi connectivity index (χ1v) is 9.14. The second-order valence-electron chi connectivity index (χ2n) is 6.40. The highest BCUT2D eigenvalue weighted by Crippen LogP contribution is 2.11. The summed E-state index contributed by atoms with van der Waals surface area (Å²) in [6.07, 6.45) is 1.08. The van der Waals surface area contributed by atoms with Crippen molar-refractivity contribution in [1.82, 2.24) is 10.2 Å². The molecule has 0 aromatic heterocycles. The van der Waals surface area contributed by atoms with Gasteiger partial charge in [0.1, 0.15) is 0 Å². The first kappa shape index (κ1) is 20.0. The van der Waals surface area contributed by atoms with Gasteiger partial charge in [0.05, 0.1) is 6.42 Å². The highest BCUT2D eigenvalue weighted by molar-refractivity contribution is 6.30. The van der Waals surface area contributed by atoms with Crippen LogP contribution in [0.1, 0.15) is 23.6 Å².